The SMILES string of the molecule is CC(C)(C)OC(=O)N1CC[C@@H]2CC[C@@H](C(=O)O)C[C@@H]21. The number of nitrogens with zero attached hydrogens (tertiary/aromatic N) is 1. The quantitative estimate of drug-likeness (QED) is 0.794. The van der Waals surface area contributed by atoms with E-state index in [-0.39, 0.29) is 18.1 Å². The highest BCUT2D eigenvalue weighted by Gasteiger charge is 2.43. The van der Waals surface area contributed by atoms with Crippen LogP contribution in [0.15, 0.2) is 0 Å². The lowest BCUT2D eigenvalue weighted by Gasteiger charge is -2.35. The van der Waals surface area contributed by atoms with E-state index in [0.717, 1.165) is 19.3 Å². The molecule has 1 saturated heterocycles. The second kappa shape index (κ2) is 5.02. The largest absolute Gasteiger partial charge is 0.481 e. The third kappa shape index (κ3) is 3.19. The Hall–Kier alpha value is -1.26. The third-order valence-corrected chi connectivity index (χ3v) is 4.07. The number of carbonyl (C=O) groups excluding carboxylic acids is 1. The Morgan fingerprint density at radius 2 is 1.89 bits per heavy atom. The third-order valence-electron chi connectivity index (χ3n) is 4.07. The van der Waals surface area contributed by atoms with Crippen molar-refractivity contribution in [1.82, 2.24) is 4.90 Å². The van der Waals surface area contributed by atoms with Gasteiger partial charge in [-0.1, -0.05) is 0 Å². The average molecular weight is 269 g/mol. The molecule has 1 amide bonds. The fourth-order valence-corrected chi connectivity index (χ4v) is 3.17. The number of ether oxygens (including phenoxy) is 1. The highest BCUT2D eigenvalue weighted by atomic mass is 16.6. The van der Waals surface area contributed by atoms with Crippen molar-refractivity contribution in [3.05, 3.63) is 0 Å². The first-order valence-electron chi connectivity index (χ1n) is 7.00. The van der Waals surface area contributed by atoms with Gasteiger partial charge in [-0.15, -0.1) is 0 Å². The van der Waals surface area contributed by atoms with E-state index >= 15 is 0 Å². The Morgan fingerprint density at radius 3 is 2.47 bits per heavy atom. The van der Waals surface area contributed by atoms with Crippen molar-refractivity contribution in [3.8, 4) is 0 Å². The lowest BCUT2D eigenvalue weighted by Crippen LogP contribution is -2.44. The van der Waals surface area contributed by atoms with Crippen LogP contribution in [0.5, 0.6) is 0 Å². The molecule has 0 spiro atoms. The van der Waals surface area contributed by atoms with Crippen LogP contribution in [0.25, 0.3) is 0 Å². The number of amides is 1. The van der Waals surface area contributed by atoms with Crippen LogP contribution in [0, 0.1) is 11.8 Å². The number of fused-ring (bicyclic) bond motifs is 1. The molecule has 0 aromatic heterocycles. The Morgan fingerprint density at radius 1 is 1.21 bits per heavy atom. The maximum absolute atomic E-state index is 12.1. The average Bonchev–Trinajstić information content (AvgIpc) is 2.68. The van der Waals surface area contributed by atoms with Gasteiger partial charge in [0.15, 0.2) is 0 Å². The number of likely N-dealkylation sites (tertiary alicyclic amines) is 1. The summed E-state index contributed by atoms with van der Waals surface area (Å²) in [7, 11) is 0. The van der Waals surface area contributed by atoms with Crippen LogP contribution in [0.3, 0.4) is 0 Å². The van der Waals surface area contributed by atoms with Crippen molar-refractivity contribution in [2.75, 3.05) is 6.54 Å². The topological polar surface area (TPSA) is 66.8 Å². The van der Waals surface area contributed by atoms with Gasteiger partial charge in [0, 0.05) is 12.6 Å². The molecular formula is C14H23NO4. The summed E-state index contributed by atoms with van der Waals surface area (Å²) in [6, 6.07) is 0.0460. The second-order valence-corrected chi connectivity index (χ2v) is 6.64. The highest BCUT2D eigenvalue weighted by Crippen LogP contribution is 2.39. The maximum atomic E-state index is 12.1. The summed E-state index contributed by atoms with van der Waals surface area (Å²) in [6.07, 6.45) is 2.88. The Labute approximate surface area is 113 Å². The van der Waals surface area contributed by atoms with Crippen molar-refractivity contribution in [1.29, 1.82) is 0 Å². The van der Waals surface area contributed by atoms with Crippen LogP contribution >= 0.6 is 0 Å². The first-order valence-corrected chi connectivity index (χ1v) is 7.00. The van der Waals surface area contributed by atoms with E-state index in [1.165, 1.54) is 0 Å². The maximum Gasteiger partial charge on any atom is 0.410 e. The van der Waals surface area contributed by atoms with Gasteiger partial charge in [0.1, 0.15) is 5.60 Å². The van der Waals surface area contributed by atoms with Gasteiger partial charge in [-0.3, -0.25) is 4.79 Å². The van der Waals surface area contributed by atoms with Gasteiger partial charge >= 0.3 is 12.1 Å². The minimum atomic E-state index is -0.741. The van der Waals surface area contributed by atoms with E-state index in [9.17, 15) is 9.59 Å². The molecule has 2 fully saturated rings. The number of rotatable bonds is 1. The van der Waals surface area contributed by atoms with Gasteiger partial charge in [0.05, 0.1) is 5.92 Å². The molecule has 0 aromatic carbocycles. The number of aliphatic carboxylic acids is 1. The molecule has 5 nitrogen and oxygen atoms in total. The van der Waals surface area contributed by atoms with E-state index in [0.29, 0.717) is 18.9 Å². The van der Waals surface area contributed by atoms with Gasteiger partial charge in [-0.05, 0) is 52.4 Å². The summed E-state index contributed by atoms with van der Waals surface area (Å²) < 4.78 is 5.41. The molecule has 2 rings (SSSR count). The molecule has 2 aliphatic rings. The summed E-state index contributed by atoms with van der Waals surface area (Å²) in [5, 5.41) is 9.13. The molecule has 19 heavy (non-hydrogen) atoms. The summed E-state index contributed by atoms with van der Waals surface area (Å²) in [6.45, 7) is 6.23. The molecule has 0 aromatic rings. The molecule has 1 N–H and O–H groups in total. The van der Waals surface area contributed by atoms with Gasteiger partial charge in [-0.2, -0.15) is 0 Å². The van der Waals surface area contributed by atoms with Crippen LogP contribution in [0.1, 0.15) is 46.5 Å². The van der Waals surface area contributed by atoms with Gasteiger partial charge in [0.2, 0.25) is 0 Å². The van der Waals surface area contributed by atoms with Crippen LogP contribution < -0.4 is 0 Å². The summed E-state index contributed by atoms with van der Waals surface area (Å²) in [5.74, 6) is -0.609. The van der Waals surface area contributed by atoms with Crippen molar-refractivity contribution >= 4 is 12.1 Å². The summed E-state index contributed by atoms with van der Waals surface area (Å²) in [4.78, 5) is 25.0. The highest BCUT2D eigenvalue weighted by molar-refractivity contribution is 5.71. The minimum Gasteiger partial charge on any atom is -0.481 e. The van der Waals surface area contributed by atoms with Gasteiger partial charge in [0.25, 0.3) is 0 Å². The molecular weight excluding hydrogens is 246 g/mol. The number of carboxylic acid groups (broad SMARTS) is 1. The molecule has 0 unspecified atom stereocenters. The molecule has 3 atom stereocenters. The standard InChI is InChI=1S/C14H23NO4/c1-14(2,3)19-13(18)15-7-6-9-4-5-10(12(16)17)8-11(9)15/h9-11H,4-8H2,1-3H3,(H,16,17)/t9-,10+,11-/m0/s1. The summed E-state index contributed by atoms with van der Waals surface area (Å²) >= 11 is 0. The van der Waals surface area contributed by atoms with Crippen molar-refractivity contribution in [2.24, 2.45) is 11.8 Å². The van der Waals surface area contributed by atoms with E-state index in [4.69, 9.17) is 9.84 Å². The predicted molar refractivity (Wildman–Crippen MR) is 69.8 cm³/mol. The van der Waals surface area contributed by atoms with E-state index < -0.39 is 11.6 Å². The molecule has 108 valence electrons. The van der Waals surface area contributed by atoms with Crippen molar-refractivity contribution in [2.45, 2.75) is 58.1 Å². The van der Waals surface area contributed by atoms with Crippen LogP contribution in [0.2, 0.25) is 0 Å². The molecule has 1 aliphatic carbocycles. The number of carboxylic acids is 1. The lowest BCUT2D eigenvalue weighted by atomic mass is 9.79. The molecule has 5 heteroatoms. The lowest BCUT2D eigenvalue weighted by molar-refractivity contribution is -0.143. The van der Waals surface area contributed by atoms with Crippen LogP contribution in [-0.4, -0.2) is 40.3 Å². The zero-order chi connectivity index (χ0) is 14.2. The smallest absolute Gasteiger partial charge is 0.410 e. The van der Waals surface area contributed by atoms with Crippen LogP contribution in [0.4, 0.5) is 4.79 Å². The first-order chi connectivity index (χ1) is 8.78. The van der Waals surface area contributed by atoms with E-state index in [2.05, 4.69) is 0 Å². The van der Waals surface area contributed by atoms with Crippen molar-refractivity contribution < 1.29 is 19.4 Å². The number of hydrogen-bond acceptors (Lipinski definition) is 3. The molecule has 1 heterocycles. The monoisotopic (exact) mass is 269 g/mol. The Bertz CT molecular complexity index is 374. The molecule has 1 saturated carbocycles. The van der Waals surface area contributed by atoms with Gasteiger partial charge < -0.3 is 14.7 Å². The Balaban J connectivity index is 2.03. The molecule has 0 bridgehead atoms. The zero-order valence-corrected chi connectivity index (χ0v) is 11.9. The fourth-order valence-electron chi connectivity index (χ4n) is 3.17. The molecule has 0 radical (unpaired) electrons. The zero-order valence-electron chi connectivity index (χ0n) is 11.9. The van der Waals surface area contributed by atoms with Crippen LogP contribution in [-0.2, 0) is 9.53 Å². The second-order valence-electron chi connectivity index (χ2n) is 6.64. The predicted octanol–water partition coefficient (Wildman–Crippen LogP) is 2.50. The minimum absolute atomic E-state index is 0.0460. The first kappa shape index (κ1) is 14.2. The Kier molecular flexibility index (Phi) is 3.74. The van der Waals surface area contributed by atoms with E-state index in [1.807, 2.05) is 20.8 Å². The normalized spacial score (nSPS) is 30.9. The van der Waals surface area contributed by atoms with Crippen molar-refractivity contribution in [3.63, 3.8) is 0 Å². The fraction of sp³-hybridized carbons (Fsp3) is 0.857. The van der Waals surface area contributed by atoms with Gasteiger partial charge in [-0.25, -0.2) is 4.79 Å². The number of hydrogen-bond donors (Lipinski definition) is 1. The number of carbonyl (C=O) groups is 2. The molecule has 1 aliphatic heterocycles. The van der Waals surface area contributed by atoms with E-state index in [1.54, 1.807) is 4.90 Å². The summed E-state index contributed by atoms with van der Waals surface area (Å²) in [5.41, 5.74) is -0.504.